The lowest BCUT2D eigenvalue weighted by Gasteiger charge is -2.39. The number of amides is 1. The van der Waals surface area contributed by atoms with Gasteiger partial charge in [0.1, 0.15) is 5.82 Å². The Labute approximate surface area is 158 Å². The van der Waals surface area contributed by atoms with Gasteiger partial charge in [0.05, 0.1) is 13.2 Å². The van der Waals surface area contributed by atoms with Gasteiger partial charge in [0.2, 0.25) is 5.91 Å². The number of hydrogen-bond donors (Lipinski definition) is 0. The van der Waals surface area contributed by atoms with Gasteiger partial charge in [-0.2, -0.15) is 0 Å². The first-order valence-corrected chi connectivity index (χ1v) is 12.1. The molecule has 1 atom stereocenters. The van der Waals surface area contributed by atoms with Gasteiger partial charge in [0, 0.05) is 13.5 Å². The van der Waals surface area contributed by atoms with Gasteiger partial charge in [-0.15, -0.1) is 0 Å². The number of hydroxylamine groups is 2. The Balaban J connectivity index is 2.76. The molecule has 0 spiro atoms. The molecule has 0 saturated carbocycles. The number of benzene rings is 1. The van der Waals surface area contributed by atoms with E-state index in [-0.39, 0.29) is 22.9 Å². The van der Waals surface area contributed by atoms with E-state index in [0.717, 1.165) is 24.8 Å². The molecule has 0 aliphatic rings. The SMILES string of the molecule is CON(C)C(=O)CCCC[C@H](O[Si](C)(C)C(C)(C)C)c1ccc(F)cc1. The van der Waals surface area contributed by atoms with Crippen LogP contribution in [0.2, 0.25) is 18.1 Å². The Morgan fingerprint density at radius 3 is 2.27 bits per heavy atom. The highest BCUT2D eigenvalue weighted by atomic mass is 28.4. The molecule has 0 aromatic heterocycles. The maximum Gasteiger partial charge on any atom is 0.245 e. The third-order valence-corrected chi connectivity index (χ3v) is 9.70. The fourth-order valence-corrected chi connectivity index (χ4v) is 3.69. The Kier molecular flexibility index (Phi) is 8.44. The number of nitrogens with zero attached hydrogens (tertiary/aromatic N) is 1. The van der Waals surface area contributed by atoms with E-state index in [1.165, 1.54) is 24.3 Å². The molecule has 1 rings (SSSR count). The normalized spacial score (nSPS) is 13.5. The number of carbonyl (C=O) groups is 1. The van der Waals surface area contributed by atoms with Gasteiger partial charge in [-0.3, -0.25) is 9.63 Å². The molecule has 0 saturated heterocycles. The van der Waals surface area contributed by atoms with E-state index in [2.05, 4.69) is 33.9 Å². The molecule has 0 radical (unpaired) electrons. The van der Waals surface area contributed by atoms with Crippen molar-refractivity contribution in [3.8, 4) is 0 Å². The summed E-state index contributed by atoms with van der Waals surface area (Å²) in [6.07, 6.45) is 2.81. The van der Waals surface area contributed by atoms with Gasteiger partial charge in [0.25, 0.3) is 0 Å². The van der Waals surface area contributed by atoms with Gasteiger partial charge in [0.15, 0.2) is 8.32 Å². The lowest BCUT2D eigenvalue weighted by molar-refractivity contribution is -0.168. The molecular weight excluding hydrogens is 349 g/mol. The van der Waals surface area contributed by atoms with Crippen molar-refractivity contribution in [2.45, 2.75) is 70.7 Å². The highest BCUT2D eigenvalue weighted by Crippen LogP contribution is 2.41. The summed E-state index contributed by atoms with van der Waals surface area (Å²) in [6.45, 7) is 11.1. The van der Waals surface area contributed by atoms with Crippen LogP contribution >= 0.6 is 0 Å². The van der Waals surface area contributed by atoms with Crippen LogP contribution in [0.15, 0.2) is 24.3 Å². The van der Waals surface area contributed by atoms with E-state index in [0.29, 0.717) is 6.42 Å². The highest BCUT2D eigenvalue weighted by Gasteiger charge is 2.39. The fraction of sp³-hybridized carbons (Fsp3) is 0.650. The van der Waals surface area contributed by atoms with Gasteiger partial charge in [-0.05, 0) is 48.7 Å². The van der Waals surface area contributed by atoms with Crippen LogP contribution in [0.1, 0.15) is 58.1 Å². The molecule has 0 bridgehead atoms. The average Bonchev–Trinajstić information content (AvgIpc) is 2.56. The molecule has 148 valence electrons. The Morgan fingerprint density at radius 1 is 1.19 bits per heavy atom. The van der Waals surface area contributed by atoms with E-state index in [9.17, 15) is 9.18 Å². The van der Waals surface area contributed by atoms with Crippen LogP contribution in [-0.2, 0) is 14.1 Å². The summed E-state index contributed by atoms with van der Waals surface area (Å²) in [5.74, 6) is -0.274. The summed E-state index contributed by atoms with van der Waals surface area (Å²) in [5, 5.41) is 1.35. The van der Waals surface area contributed by atoms with Crippen LogP contribution in [0, 0.1) is 5.82 Å². The Bertz CT molecular complexity index is 569. The Morgan fingerprint density at radius 2 is 1.77 bits per heavy atom. The predicted molar refractivity (Wildman–Crippen MR) is 106 cm³/mol. The number of halogens is 1. The zero-order valence-electron chi connectivity index (χ0n) is 17.3. The largest absolute Gasteiger partial charge is 0.410 e. The lowest BCUT2D eigenvalue weighted by atomic mass is 10.0. The third-order valence-electron chi connectivity index (χ3n) is 5.22. The minimum atomic E-state index is -1.96. The molecule has 4 nitrogen and oxygen atoms in total. The number of rotatable bonds is 9. The first-order valence-electron chi connectivity index (χ1n) is 9.22. The minimum absolute atomic E-state index is 0.0313. The fourth-order valence-electron chi connectivity index (χ4n) is 2.37. The van der Waals surface area contributed by atoms with E-state index >= 15 is 0 Å². The molecule has 1 aromatic rings. The summed E-state index contributed by atoms with van der Waals surface area (Å²) >= 11 is 0. The van der Waals surface area contributed by atoms with Crippen molar-refractivity contribution in [1.29, 1.82) is 0 Å². The van der Waals surface area contributed by atoms with Crippen LogP contribution < -0.4 is 0 Å². The monoisotopic (exact) mass is 383 g/mol. The molecule has 0 heterocycles. The first kappa shape index (κ1) is 22.8. The van der Waals surface area contributed by atoms with Crippen LogP contribution in [0.4, 0.5) is 4.39 Å². The van der Waals surface area contributed by atoms with E-state index in [4.69, 9.17) is 9.26 Å². The molecule has 0 unspecified atom stereocenters. The topological polar surface area (TPSA) is 38.8 Å². The summed E-state index contributed by atoms with van der Waals surface area (Å²) in [7, 11) is 1.14. The van der Waals surface area contributed by atoms with Crippen LogP contribution in [0.3, 0.4) is 0 Å². The zero-order valence-corrected chi connectivity index (χ0v) is 18.3. The summed E-state index contributed by atoms with van der Waals surface area (Å²) in [5.41, 5.74) is 0.997. The van der Waals surface area contributed by atoms with Crippen LogP contribution in [0.25, 0.3) is 0 Å². The van der Waals surface area contributed by atoms with Crippen LogP contribution in [0.5, 0.6) is 0 Å². The van der Waals surface area contributed by atoms with E-state index in [1.807, 2.05) is 0 Å². The zero-order chi connectivity index (χ0) is 20.0. The molecule has 1 amide bonds. The smallest absolute Gasteiger partial charge is 0.245 e. The quantitative estimate of drug-likeness (QED) is 0.322. The summed E-state index contributed by atoms with van der Waals surface area (Å²) < 4.78 is 19.9. The van der Waals surface area contributed by atoms with Crippen molar-refractivity contribution in [2.75, 3.05) is 14.2 Å². The molecule has 1 aromatic carbocycles. The predicted octanol–water partition coefficient (Wildman–Crippen LogP) is 5.47. The molecule has 0 N–H and O–H groups in total. The lowest BCUT2D eigenvalue weighted by Crippen LogP contribution is -2.41. The molecule has 0 fully saturated rings. The average molecular weight is 384 g/mol. The maximum atomic E-state index is 13.3. The summed E-state index contributed by atoms with van der Waals surface area (Å²) in [4.78, 5) is 16.7. The first-order chi connectivity index (χ1) is 12.0. The number of unbranched alkanes of at least 4 members (excludes halogenated alkanes) is 1. The second-order valence-corrected chi connectivity index (χ2v) is 13.0. The van der Waals surface area contributed by atoms with Crippen molar-refractivity contribution >= 4 is 14.2 Å². The maximum absolute atomic E-state index is 13.3. The minimum Gasteiger partial charge on any atom is -0.410 e. The number of hydrogen-bond acceptors (Lipinski definition) is 3. The molecule has 0 aliphatic heterocycles. The van der Waals surface area contributed by atoms with Gasteiger partial charge in [-0.1, -0.05) is 39.3 Å². The third kappa shape index (κ3) is 6.82. The number of carbonyl (C=O) groups excluding carboxylic acids is 1. The van der Waals surface area contributed by atoms with Crippen molar-refractivity contribution in [3.63, 3.8) is 0 Å². The second-order valence-electron chi connectivity index (χ2n) is 8.24. The Hall–Kier alpha value is -1.24. The molecule has 6 heteroatoms. The van der Waals surface area contributed by atoms with Gasteiger partial charge in [-0.25, -0.2) is 9.45 Å². The van der Waals surface area contributed by atoms with E-state index in [1.54, 1.807) is 19.2 Å². The van der Waals surface area contributed by atoms with Crippen molar-refractivity contribution in [2.24, 2.45) is 0 Å². The standard InChI is InChI=1S/C20H34FNO3Si/c1-20(2,3)26(6,7)25-18(16-12-14-17(21)15-13-16)10-8-9-11-19(23)22(4)24-5/h12-15,18H,8-11H2,1-7H3/t18-/m0/s1. The van der Waals surface area contributed by atoms with Gasteiger partial charge >= 0.3 is 0 Å². The molecular formula is C20H34FNO3Si. The molecule has 0 aliphatic carbocycles. The van der Waals surface area contributed by atoms with Gasteiger partial charge < -0.3 is 4.43 Å². The van der Waals surface area contributed by atoms with Crippen molar-refractivity contribution in [1.82, 2.24) is 5.06 Å². The second kappa shape index (κ2) is 9.62. The van der Waals surface area contributed by atoms with Crippen molar-refractivity contribution < 1.29 is 18.4 Å². The molecule has 26 heavy (non-hydrogen) atoms. The van der Waals surface area contributed by atoms with Crippen molar-refractivity contribution in [3.05, 3.63) is 35.6 Å². The highest BCUT2D eigenvalue weighted by molar-refractivity contribution is 6.74. The summed E-state index contributed by atoms with van der Waals surface area (Å²) in [6, 6.07) is 6.57. The van der Waals surface area contributed by atoms with E-state index < -0.39 is 8.32 Å². The van der Waals surface area contributed by atoms with Crippen LogP contribution in [-0.4, -0.2) is 33.4 Å².